The van der Waals surface area contributed by atoms with Crippen LogP contribution < -0.4 is 5.73 Å². The smallest absolute Gasteiger partial charge is 0.357 e. The van der Waals surface area contributed by atoms with E-state index in [1.54, 1.807) is 12.3 Å². The van der Waals surface area contributed by atoms with Gasteiger partial charge in [0.2, 0.25) is 0 Å². The Bertz CT molecular complexity index is 389. The van der Waals surface area contributed by atoms with Gasteiger partial charge in [-0.05, 0) is 19.8 Å². The minimum Gasteiger partial charge on any atom is -0.461 e. The molecular weight excluding hydrogens is 260 g/mol. The normalized spacial score (nSPS) is 17.5. The minimum absolute atomic E-state index is 0. The third-order valence-electron chi connectivity index (χ3n) is 2.91. The standard InChI is InChI=1S/C11H16N2O2S.ClH/c1-2-15-9(14)8-7-16-10(13-8)11(12)5-3-4-6-11;/h7H,2-6,12H2,1H3;1H. The molecule has 6 heteroatoms. The number of nitrogens with two attached hydrogens (primary N) is 1. The van der Waals surface area contributed by atoms with Crippen LogP contribution in [0.5, 0.6) is 0 Å². The largest absolute Gasteiger partial charge is 0.461 e. The molecule has 1 heterocycles. The van der Waals surface area contributed by atoms with Gasteiger partial charge in [0.05, 0.1) is 12.1 Å². The average molecular weight is 277 g/mol. The second-order valence-electron chi connectivity index (χ2n) is 4.12. The number of ether oxygens (including phenoxy) is 1. The Morgan fingerprint density at radius 2 is 2.24 bits per heavy atom. The number of aromatic nitrogens is 1. The van der Waals surface area contributed by atoms with E-state index in [9.17, 15) is 4.79 Å². The van der Waals surface area contributed by atoms with Crippen molar-refractivity contribution in [3.63, 3.8) is 0 Å². The van der Waals surface area contributed by atoms with Crippen molar-refractivity contribution >= 4 is 29.7 Å². The van der Waals surface area contributed by atoms with Gasteiger partial charge in [0.15, 0.2) is 5.69 Å². The molecule has 0 aromatic carbocycles. The van der Waals surface area contributed by atoms with Crippen LogP contribution in [0, 0.1) is 0 Å². The molecule has 2 rings (SSSR count). The van der Waals surface area contributed by atoms with Crippen molar-refractivity contribution in [1.29, 1.82) is 0 Å². The molecular formula is C11H17ClN2O2S. The summed E-state index contributed by atoms with van der Waals surface area (Å²) in [6.45, 7) is 2.16. The fourth-order valence-electron chi connectivity index (χ4n) is 2.02. The molecule has 0 spiro atoms. The van der Waals surface area contributed by atoms with Gasteiger partial charge in [-0.15, -0.1) is 23.7 Å². The summed E-state index contributed by atoms with van der Waals surface area (Å²) in [5, 5.41) is 2.60. The number of carbonyl (C=O) groups is 1. The highest BCUT2D eigenvalue weighted by Gasteiger charge is 2.34. The first-order valence-electron chi connectivity index (χ1n) is 5.58. The first-order chi connectivity index (χ1) is 7.65. The van der Waals surface area contributed by atoms with E-state index in [4.69, 9.17) is 10.5 Å². The Morgan fingerprint density at radius 1 is 1.59 bits per heavy atom. The molecule has 0 radical (unpaired) electrons. The van der Waals surface area contributed by atoms with Gasteiger partial charge < -0.3 is 10.5 Å². The summed E-state index contributed by atoms with van der Waals surface area (Å²) < 4.78 is 4.90. The summed E-state index contributed by atoms with van der Waals surface area (Å²) in [6.07, 6.45) is 4.21. The van der Waals surface area contributed by atoms with Crippen LogP contribution in [-0.4, -0.2) is 17.6 Å². The van der Waals surface area contributed by atoms with Crippen LogP contribution in [0.15, 0.2) is 5.38 Å². The van der Waals surface area contributed by atoms with Gasteiger partial charge in [0.25, 0.3) is 0 Å². The Morgan fingerprint density at radius 3 is 2.82 bits per heavy atom. The Kier molecular flexibility index (Phi) is 4.91. The van der Waals surface area contributed by atoms with Crippen LogP contribution in [0.25, 0.3) is 0 Å². The molecule has 2 N–H and O–H groups in total. The number of esters is 1. The van der Waals surface area contributed by atoms with Gasteiger partial charge in [0.1, 0.15) is 5.01 Å². The fraction of sp³-hybridized carbons (Fsp3) is 0.636. The van der Waals surface area contributed by atoms with E-state index in [0.717, 1.165) is 30.7 Å². The summed E-state index contributed by atoms with van der Waals surface area (Å²) in [5.41, 5.74) is 6.34. The van der Waals surface area contributed by atoms with E-state index in [1.807, 2.05) is 0 Å². The second kappa shape index (κ2) is 5.80. The Hall–Kier alpha value is -0.650. The highest BCUT2D eigenvalue weighted by atomic mass is 35.5. The number of rotatable bonds is 3. The van der Waals surface area contributed by atoms with Crippen LogP contribution in [-0.2, 0) is 10.3 Å². The van der Waals surface area contributed by atoms with Gasteiger partial charge in [-0.2, -0.15) is 0 Å². The molecule has 1 aliphatic carbocycles. The Labute approximate surface area is 111 Å². The van der Waals surface area contributed by atoms with Gasteiger partial charge in [-0.3, -0.25) is 0 Å². The maximum Gasteiger partial charge on any atom is 0.357 e. The number of halogens is 1. The molecule has 1 saturated carbocycles. The van der Waals surface area contributed by atoms with Crippen LogP contribution in [0.2, 0.25) is 0 Å². The molecule has 1 aromatic heterocycles. The van der Waals surface area contributed by atoms with E-state index in [1.165, 1.54) is 11.3 Å². The lowest BCUT2D eigenvalue weighted by molar-refractivity contribution is 0.0520. The molecule has 0 amide bonds. The number of thiazole rings is 1. The number of nitrogens with zero attached hydrogens (tertiary/aromatic N) is 1. The summed E-state index contributed by atoms with van der Waals surface area (Å²) >= 11 is 1.46. The van der Waals surface area contributed by atoms with Gasteiger partial charge in [0, 0.05) is 5.38 Å². The zero-order chi connectivity index (χ0) is 11.6. The molecule has 4 nitrogen and oxygen atoms in total. The zero-order valence-electron chi connectivity index (χ0n) is 9.77. The zero-order valence-corrected chi connectivity index (χ0v) is 11.4. The molecule has 96 valence electrons. The second-order valence-corrected chi connectivity index (χ2v) is 4.98. The van der Waals surface area contributed by atoms with Gasteiger partial charge in [-0.25, -0.2) is 9.78 Å². The first-order valence-corrected chi connectivity index (χ1v) is 6.46. The van der Waals surface area contributed by atoms with Crippen molar-refractivity contribution in [3.05, 3.63) is 16.1 Å². The predicted molar refractivity (Wildman–Crippen MR) is 69.7 cm³/mol. The van der Waals surface area contributed by atoms with E-state index in [-0.39, 0.29) is 23.9 Å². The molecule has 1 aromatic rings. The van der Waals surface area contributed by atoms with E-state index in [2.05, 4.69) is 4.98 Å². The van der Waals surface area contributed by atoms with Gasteiger partial charge >= 0.3 is 5.97 Å². The summed E-state index contributed by atoms with van der Waals surface area (Å²) in [6, 6.07) is 0. The lowest BCUT2D eigenvalue weighted by Gasteiger charge is -2.19. The van der Waals surface area contributed by atoms with E-state index < -0.39 is 0 Å². The Balaban J connectivity index is 0.00000144. The maximum atomic E-state index is 11.5. The van der Waals surface area contributed by atoms with E-state index in [0.29, 0.717) is 12.3 Å². The molecule has 1 fully saturated rings. The molecule has 1 aliphatic rings. The average Bonchev–Trinajstić information content (AvgIpc) is 2.86. The van der Waals surface area contributed by atoms with Crippen molar-refractivity contribution in [3.8, 4) is 0 Å². The van der Waals surface area contributed by atoms with Gasteiger partial charge in [-0.1, -0.05) is 12.8 Å². The third-order valence-corrected chi connectivity index (χ3v) is 3.97. The van der Waals surface area contributed by atoms with Crippen LogP contribution >= 0.6 is 23.7 Å². The monoisotopic (exact) mass is 276 g/mol. The highest BCUT2D eigenvalue weighted by molar-refractivity contribution is 7.10. The lowest BCUT2D eigenvalue weighted by Crippen LogP contribution is -2.33. The molecule has 0 saturated heterocycles. The SMILES string of the molecule is CCOC(=O)c1csc(C2(N)CCCC2)n1.Cl. The highest BCUT2D eigenvalue weighted by Crippen LogP contribution is 2.37. The van der Waals surface area contributed by atoms with Crippen molar-refractivity contribution in [2.75, 3.05) is 6.61 Å². The molecule has 0 unspecified atom stereocenters. The first kappa shape index (κ1) is 14.4. The van der Waals surface area contributed by atoms with Crippen LogP contribution in [0.1, 0.15) is 48.1 Å². The summed E-state index contributed by atoms with van der Waals surface area (Å²) in [5.74, 6) is -0.355. The van der Waals surface area contributed by atoms with Crippen molar-refractivity contribution in [2.45, 2.75) is 38.1 Å². The summed E-state index contributed by atoms with van der Waals surface area (Å²) in [4.78, 5) is 15.8. The topological polar surface area (TPSA) is 65.2 Å². The summed E-state index contributed by atoms with van der Waals surface area (Å²) in [7, 11) is 0. The lowest BCUT2D eigenvalue weighted by atomic mass is 10.0. The minimum atomic E-state index is -0.355. The molecule has 0 aliphatic heterocycles. The van der Waals surface area contributed by atoms with Crippen molar-refractivity contribution in [1.82, 2.24) is 4.98 Å². The molecule has 0 bridgehead atoms. The number of hydrogen-bond acceptors (Lipinski definition) is 5. The molecule has 0 atom stereocenters. The van der Waals surface area contributed by atoms with Crippen molar-refractivity contribution in [2.24, 2.45) is 5.73 Å². The quantitative estimate of drug-likeness (QED) is 0.862. The fourth-order valence-corrected chi connectivity index (χ4v) is 2.98. The van der Waals surface area contributed by atoms with Crippen LogP contribution in [0.3, 0.4) is 0 Å². The molecule has 17 heavy (non-hydrogen) atoms. The third kappa shape index (κ3) is 2.97. The number of carbonyl (C=O) groups excluding carboxylic acids is 1. The maximum absolute atomic E-state index is 11.5. The van der Waals surface area contributed by atoms with Crippen molar-refractivity contribution < 1.29 is 9.53 Å². The predicted octanol–water partition coefficient (Wildman–Crippen LogP) is 2.47. The number of hydrogen-bond donors (Lipinski definition) is 1. The van der Waals surface area contributed by atoms with E-state index >= 15 is 0 Å². The van der Waals surface area contributed by atoms with Crippen LogP contribution in [0.4, 0.5) is 0 Å².